The van der Waals surface area contributed by atoms with E-state index < -0.39 is 77.1 Å². The van der Waals surface area contributed by atoms with Gasteiger partial charge >= 0.3 is 5.97 Å². The fraction of sp³-hybridized carbons (Fsp3) is 0.865. The number of hydrogen-bond acceptors (Lipinski definition) is 11. The first-order valence-corrected chi connectivity index (χ1v) is 17.8. The second-order valence-electron chi connectivity index (χ2n) is 17.9. The van der Waals surface area contributed by atoms with Gasteiger partial charge in [0.15, 0.2) is 17.9 Å². The van der Waals surface area contributed by atoms with Crippen molar-refractivity contribution in [1.29, 1.82) is 0 Å². The van der Waals surface area contributed by atoms with Crippen molar-refractivity contribution >= 4 is 17.5 Å². The Balaban J connectivity index is 1.22. The highest BCUT2D eigenvalue weighted by molar-refractivity contribution is 5.93. The Morgan fingerprint density at radius 2 is 1.71 bits per heavy atom. The van der Waals surface area contributed by atoms with E-state index in [1.165, 1.54) is 6.92 Å². The molecule has 5 aliphatic carbocycles. The minimum atomic E-state index is -1.37. The van der Waals surface area contributed by atoms with Crippen LogP contribution in [-0.2, 0) is 33.3 Å². The zero-order valence-corrected chi connectivity index (χ0v) is 29.5. The lowest BCUT2D eigenvalue weighted by Crippen LogP contribution is -2.61. The molecule has 11 nitrogen and oxygen atoms in total. The number of hydrogen-bond donors (Lipinski definition) is 4. The van der Waals surface area contributed by atoms with Crippen LogP contribution in [0.1, 0.15) is 93.9 Å². The summed E-state index contributed by atoms with van der Waals surface area (Å²) in [5.41, 5.74) is -2.31. The average molecular weight is 675 g/mol. The Kier molecular flexibility index (Phi) is 7.70. The molecule has 2 heterocycles. The van der Waals surface area contributed by atoms with Crippen molar-refractivity contribution in [2.24, 2.45) is 44.8 Å². The third-order valence-corrected chi connectivity index (χ3v) is 14.9. The predicted octanol–water partition coefficient (Wildman–Crippen LogP) is 2.63. The fourth-order valence-electron chi connectivity index (χ4n) is 12.2. The Morgan fingerprint density at radius 3 is 2.33 bits per heavy atom. The highest BCUT2D eigenvalue weighted by Gasteiger charge is 2.85. The molecule has 0 aromatic rings. The summed E-state index contributed by atoms with van der Waals surface area (Å²) in [5, 5.41) is 42.9. The summed E-state index contributed by atoms with van der Waals surface area (Å²) in [4.78, 5) is 40.3. The first-order chi connectivity index (χ1) is 22.2. The number of aliphatic hydroxyl groups is 4. The molecule has 0 aromatic heterocycles. The molecule has 0 unspecified atom stereocenters. The van der Waals surface area contributed by atoms with Crippen molar-refractivity contribution in [1.82, 2.24) is 0 Å². The summed E-state index contributed by atoms with van der Waals surface area (Å²) in [7, 11) is 0. The number of epoxide rings is 1. The summed E-state index contributed by atoms with van der Waals surface area (Å²) in [6.45, 7) is 15.2. The van der Waals surface area contributed by atoms with E-state index in [0.717, 1.165) is 18.4 Å². The summed E-state index contributed by atoms with van der Waals surface area (Å²) >= 11 is 0. The fourth-order valence-corrected chi connectivity index (χ4v) is 12.2. The van der Waals surface area contributed by atoms with Gasteiger partial charge in [-0.1, -0.05) is 46.3 Å². The van der Waals surface area contributed by atoms with Gasteiger partial charge < -0.3 is 39.4 Å². The van der Waals surface area contributed by atoms with Crippen molar-refractivity contribution in [2.45, 2.75) is 149 Å². The van der Waals surface area contributed by atoms with E-state index in [0.29, 0.717) is 19.3 Å². The standard InChI is InChI=1S/C37H54O11/c1-17(13-19(39)30-33(5,6)48-30)25-27(42)29(44)34(7)22-10-9-21-32(3,4)23(47-31-28(43)26(41)20(40)15-45-31)11-12-36(21)16-37(22,36)14-24(35(25,34)8)46-18(2)38/h10,17,20-21,23-26,28-31,40-41,43-44H,9,11-16H2,1-8H3/t17-,20+,21-,23+,24-,25+,26+,28-,29+,30+,31+,34-,35-,36-,37+/m1/s1. The number of ketones is 2. The number of allylic oxidation sites excluding steroid dienone is 1. The van der Waals surface area contributed by atoms with E-state index in [1.54, 1.807) is 0 Å². The third-order valence-electron chi connectivity index (χ3n) is 14.9. The molecule has 11 heteroatoms. The van der Waals surface area contributed by atoms with Gasteiger partial charge in [0.2, 0.25) is 0 Å². The second kappa shape index (κ2) is 10.7. The minimum absolute atomic E-state index is 0.0535. The maximum Gasteiger partial charge on any atom is 0.302 e. The molecule has 0 bridgehead atoms. The lowest BCUT2D eigenvalue weighted by Gasteiger charge is -2.61. The molecular weight excluding hydrogens is 620 g/mol. The van der Waals surface area contributed by atoms with Crippen molar-refractivity contribution in [2.75, 3.05) is 6.61 Å². The highest BCUT2D eigenvalue weighted by atomic mass is 16.7. The zero-order valence-electron chi connectivity index (χ0n) is 29.5. The molecule has 268 valence electrons. The van der Waals surface area contributed by atoms with Gasteiger partial charge in [0.25, 0.3) is 0 Å². The smallest absolute Gasteiger partial charge is 0.302 e. The van der Waals surface area contributed by atoms with E-state index >= 15 is 0 Å². The molecule has 0 amide bonds. The molecule has 2 spiro atoms. The van der Waals surface area contributed by atoms with Crippen LogP contribution in [0.15, 0.2) is 11.6 Å². The van der Waals surface area contributed by atoms with E-state index in [2.05, 4.69) is 19.9 Å². The van der Waals surface area contributed by atoms with Gasteiger partial charge in [-0.15, -0.1) is 0 Å². The number of rotatable bonds is 7. The Hall–Kier alpha value is -1.73. The first kappa shape index (κ1) is 34.7. The zero-order chi connectivity index (χ0) is 35.1. The highest BCUT2D eigenvalue weighted by Crippen LogP contribution is 2.88. The summed E-state index contributed by atoms with van der Waals surface area (Å²) in [5.74, 6) is -1.73. The number of carbonyl (C=O) groups is 3. The van der Waals surface area contributed by atoms with Crippen molar-refractivity contribution in [3.63, 3.8) is 0 Å². The average Bonchev–Trinajstić information content (AvgIpc) is 3.84. The van der Waals surface area contributed by atoms with Gasteiger partial charge in [0.05, 0.1) is 18.3 Å². The summed E-state index contributed by atoms with van der Waals surface area (Å²) < 4.78 is 23.8. The number of Topliss-reactive ketones (excluding diaryl/α,β-unsaturated/α-hetero) is 2. The van der Waals surface area contributed by atoms with Gasteiger partial charge in [0.1, 0.15) is 36.6 Å². The summed E-state index contributed by atoms with van der Waals surface area (Å²) in [6, 6.07) is 0. The maximum absolute atomic E-state index is 14.3. The van der Waals surface area contributed by atoms with Crippen LogP contribution >= 0.6 is 0 Å². The molecule has 4 saturated carbocycles. The summed E-state index contributed by atoms with van der Waals surface area (Å²) in [6.07, 6.45) is -1.81. The van der Waals surface area contributed by atoms with Gasteiger partial charge in [-0.25, -0.2) is 0 Å². The number of carbonyl (C=O) groups excluding carboxylic acids is 3. The Morgan fingerprint density at radius 1 is 1.04 bits per heavy atom. The number of ether oxygens (including phenoxy) is 4. The SMILES string of the molecule is CC(=O)O[C@@H]1C[C@@]23C[C@@]24CC[C@H](O[C@@H]2OC[C@H](O)[C@H](O)[C@H]2O)C(C)(C)[C@H]4CC=C3[C@]2(C)[C@@H](O)C(=O)[C@H]([C@H](C)CC(=O)[C@@H]3OC3(C)C)[C@@]12C. The van der Waals surface area contributed by atoms with Gasteiger partial charge in [0, 0.05) is 35.5 Å². The lowest BCUT2D eigenvalue weighted by molar-refractivity contribution is -0.301. The van der Waals surface area contributed by atoms with E-state index in [1.807, 2.05) is 34.6 Å². The van der Waals surface area contributed by atoms with Crippen molar-refractivity contribution < 1.29 is 53.8 Å². The number of fused-ring (bicyclic) bond motifs is 2. The second-order valence-corrected chi connectivity index (χ2v) is 17.9. The van der Waals surface area contributed by atoms with Crippen LogP contribution in [0.2, 0.25) is 0 Å². The molecule has 2 saturated heterocycles. The van der Waals surface area contributed by atoms with E-state index in [9.17, 15) is 34.8 Å². The Bertz CT molecular complexity index is 1440. The maximum atomic E-state index is 14.3. The van der Waals surface area contributed by atoms with Crippen LogP contribution in [0.3, 0.4) is 0 Å². The largest absolute Gasteiger partial charge is 0.462 e. The van der Waals surface area contributed by atoms with Crippen molar-refractivity contribution in [3.8, 4) is 0 Å². The van der Waals surface area contributed by atoms with E-state index in [-0.39, 0.29) is 52.9 Å². The van der Waals surface area contributed by atoms with E-state index in [4.69, 9.17) is 18.9 Å². The monoisotopic (exact) mass is 674 g/mol. The van der Waals surface area contributed by atoms with Crippen LogP contribution in [0.25, 0.3) is 0 Å². The molecule has 2 aliphatic heterocycles. The molecular formula is C37H54O11. The van der Waals surface area contributed by atoms with Crippen LogP contribution in [-0.4, -0.2) is 99.2 Å². The molecule has 6 fully saturated rings. The number of aliphatic hydroxyl groups excluding tert-OH is 4. The van der Waals surface area contributed by atoms with Crippen molar-refractivity contribution in [3.05, 3.63) is 11.6 Å². The van der Waals surface area contributed by atoms with Crippen LogP contribution in [0, 0.1) is 44.8 Å². The molecule has 4 N–H and O–H groups in total. The third kappa shape index (κ3) is 4.34. The first-order valence-electron chi connectivity index (χ1n) is 17.8. The molecule has 0 radical (unpaired) electrons. The Labute approximate surface area is 282 Å². The van der Waals surface area contributed by atoms with Crippen LogP contribution < -0.4 is 0 Å². The molecule has 7 rings (SSSR count). The molecule has 7 aliphatic rings. The molecule has 48 heavy (non-hydrogen) atoms. The van der Waals surface area contributed by atoms with Crippen LogP contribution in [0.4, 0.5) is 0 Å². The van der Waals surface area contributed by atoms with Gasteiger partial charge in [-0.2, -0.15) is 0 Å². The topological polar surface area (TPSA) is 172 Å². The van der Waals surface area contributed by atoms with Gasteiger partial charge in [-0.05, 0) is 68.6 Å². The molecule has 15 atom stereocenters. The quantitative estimate of drug-likeness (QED) is 0.178. The lowest BCUT2D eigenvalue weighted by atomic mass is 9.44. The van der Waals surface area contributed by atoms with Gasteiger partial charge in [-0.3, -0.25) is 14.4 Å². The number of esters is 1. The normalized spacial score (nSPS) is 51.8. The predicted molar refractivity (Wildman–Crippen MR) is 170 cm³/mol. The molecule has 0 aromatic carbocycles. The minimum Gasteiger partial charge on any atom is -0.462 e. The van der Waals surface area contributed by atoms with Crippen LogP contribution in [0.5, 0.6) is 0 Å².